The number of H-pyrrole nitrogens is 1. The molecule has 3 rings (SSSR count). The lowest BCUT2D eigenvalue weighted by Crippen LogP contribution is -2.42. The second kappa shape index (κ2) is 8.22. The Labute approximate surface area is 145 Å². The van der Waals surface area contributed by atoms with E-state index in [1.807, 2.05) is 0 Å². The van der Waals surface area contributed by atoms with Crippen LogP contribution in [0.1, 0.15) is 17.7 Å². The number of halogens is 1. The Morgan fingerprint density at radius 1 is 1.44 bits per heavy atom. The van der Waals surface area contributed by atoms with Crippen molar-refractivity contribution in [2.45, 2.75) is 25.5 Å². The van der Waals surface area contributed by atoms with E-state index < -0.39 is 0 Å². The number of aromatic nitrogens is 2. The van der Waals surface area contributed by atoms with Gasteiger partial charge < -0.3 is 14.5 Å². The first-order valence-electron chi connectivity index (χ1n) is 8.34. The van der Waals surface area contributed by atoms with Crippen LogP contribution in [-0.2, 0) is 17.7 Å². The summed E-state index contributed by atoms with van der Waals surface area (Å²) in [6, 6.07) is 6.45. The van der Waals surface area contributed by atoms with Crippen LogP contribution in [0.2, 0.25) is 0 Å². The van der Waals surface area contributed by atoms with Crippen LogP contribution in [0.3, 0.4) is 0 Å². The van der Waals surface area contributed by atoms with Crippen molar-refractivity contribution in [2.24, 2.45) is 0 Å². The Morgan fingerprint density at radius 2 is 2.32 bits per heavy atom. The molecule has 0 unspecified atom stereocenters. The number of nitrogens with zero attached hydrogens (tertiary/aromatic N) is 2. The summed E-state index contributed by atoms with van der Waals surface area (Å²) in [6.45, 7) is 2.66. The Hall–Kier alpha value is -2.25. The summed E-state index contributed by atoms with van der Waals surface area (Å²) in [4.78, 5) is 20.1. The Bertz CT molecular complexity index is 765. The fourth-order valence-electron chi connectivity index (χ4n) is 2.98. The molecule has 6 nitrogen and oxygen atoms in total. The molecule has 1 aliphatic rings. The van der Waals surface area contributed by atoms with E-state index in [1.54, 1.807) is 12.1 Å². The van der Waals surface area contributed by atoms with Gasteiger partial charge in [-0.15, -0.1) is 0 Å². The van der Waals surface area contributed by atoms with Crippen LogP contribution in [0.25, 0.3) is 0 Å². The lowest BCUT2D eigenvalue weighted by Gasteiger charge is -2.33. The third kappa shape index (κ3) is 4.87. The number of methoxy groups -OCH3 is 1. The predicted molar refractivity (Wildman–Crippen MR) is 91.1 cm³/mol. The molecule has 25 heavy (non-hydrogen) atoms. The normalized spacial score (nSPS) is 18.2. The van der Waals surface area contributed by atoms with Crippen molar-refractivity contribution in [3.8, 4) is 5.75 Å². The number of benzene rings is 1. The van der Waals surface area contributed by atoms with Gasteiger partial charge in [-0.1, -0.05) is 6.07 Å². The summed E-state index contributed by atoms with van der Waals surface area (Å²) in [7, 11) is 1.52. The Kier molecular flexibility index (Phi) is 5.78. The number of ether oxygens (including phenoxy) is 2. The summed E-state index contributed by atoms with van der Waals surface area (Å²) in [5.74, 6) is 0.265. The maximum atomic E-state index is 14.1. The van der Waals surface area contributed by atoms with Crippen molar-refractivity contribution < 1.29 is 13.9 Å². The van der Waals surface area contributed by atoms with Crippen molar-refractivity contribution in [2.75, 3.05) is 26.8 Å². The largest absolute Gasteiger partial charge is 0.497 e. The van der Waals surface area contributed by atoms with Crippen LogP contribution >= 0.6 is 0 Å². The molecule has 1 aromatic heterocycles. The van der Waals surface area contributed by atoms with Crippen LogP contribution in [0.15, 0.2) is 35.4 Å². The van der Waals surface area contributed by atoms with Gasteiger partial charge in [0.1, 0.15) is 11.6 Å². The maximum Gasteiger partial charge on any atom is 0.250 e. The van der Waals surface area contributed by atoms with Crippen LogP contribution in [0.5, 0.6) is 5.75 Å². The van der Waals surface area contributed by atoms with E-state index in [0.717, 1.165) is 25.2 Å². The summed E-state index contributed by atoms with van der Waals surface area (Å²) in [5.41, 5.74) is 1.26. The lowest BCUT2D eigenvalue weighted by atomic mass is 10.1. The number of morpholine rings is 1. The zero-order valence-electron chi connectivity index (χ0n) is 14.2. The molecule has 0 spiro atoms. The lowest BCUT2D eigenvalue weighted by molar-refractivity contribution is -0.0349. The first kappa shape index (κ1) is 17.6. The van der Waals surface area contributed by atoms with Crippen molar-refractivity contribution in [3.63, 3.8) is 0 Å². The molecule has 2 aromatic rings. The van der Waals surface area contributed by atoms with Crippen molar-refractivity contribution >= 4 is 0 Å². The van der Waals surface area contributed by atoms with E-state index in [4.69, 9.17) is 9.47 Å². The molecule has 0 radical (unpaired) electrons. The summed E-state index contributed by atoms with van der Waals surface area (Å²) in [6.07, 6.45) is 2.92. The summed E-state index contributed by atoms with van der Waals surface area (Å²) < 4.78 is 24.9. The topological polar surface area (TPSA) is 67.5 Å². The third-order valence-electron chi connectivity index (χ3n) is 4.33. The van der Waals surface area contributed by atoms with Crippen molar-refractivity contribution in [1.29, 1.82) is 0 Å². The highest BCUT2D eigenvalue weighted by Crippen LogP contribution is 2.19. The van der Waals surface area contributed by atoms with Gasteiger partial charge in [0.05, 0.1) is 26.1 Å². The average Bonchev–Trinajstić information content (AvgIpc) is 2.62. The number of hydrogen-bond donors (Lipinski definition) is 1. The predicted octanol–water partition coefficient (Wildman–Crippen LogP) is 1.75. The van der Waals surface area contributed by atoms with Gasteiger partial charge in [-0.3, -0.25) is 9.69 Å². The molecule has 1 aromatic carbocycles. The fraction of sp³-hybridized carbons (Fsp3) is 0.444. The minimum absolute atomic E-state index is 0.0520. The highest BCUT2D eigenvalue weighted by molar-refractivity contribution is 5.28. The van der Waals surface area contributed by atoms with Gasteiger partial charge >= 0.3 is 0 Å². The molecule has 1 fully saturated rings. The fourth-order valence-corrected chi connectivity index (χ4v) is 2.98. The van der Waals surface area contributed by atoms with E-state index in [2.05, 4.69) is 14.9 Å². The molecule has 0 aliphatic carbocycles. The van der Waals surface area contributed by atoms with E-state index in [1.165, 1.54) is 25.6 Å². The minimum Gasteiger partial charge on any atom is -0.497 e. The number of aromatic amines is 1. The quantitative estimate of drug-likeness (QED) is 0.862. The molecule has 1 aliphatic heterocycles. The molecule has 2 heterocycles. The van der Waals surface area contributed by atoms with Gasteiger partial charge in [0.2, 0.25) is 0 Å². The van der Waals surface area contributed by atoms with Crippen LogP contribution < -0.4 is 10.3 Å². The molecule has 1 saturated heterocycles. The highest BCUT2D eigenvalue weighted by atomic mass is 19.1. The zero-order chi connectivity index (χ0) is 17.6. The molecular weight excluding hydrogens is 325 g/mol. The van der Waals surface area contributed by atoms with Crippen molar-refractivity contribution in [1.82, 2.24) is 14.9 Å². The zero-order valence-corrected chi connectivity index (χ0v) is 14.2. The van der Waals surface area contributed by atoms with E-state index in [9.17, 15) is 9.18 Å². The standard InChI is InChI=1S/C18H22FN3O3/c1-24-15-4-2-13(17(19)9-15)10-22-6-7-25-16(11-22)5-3-14-8-18(23)21-12-20-14/h2,4,8-9,12,16H,3,5-7,10-11H2,1H3,(H,20,21,23)/t16-/m1/s1. The van der Waals surface area contributed by atoms with Gasteiger partial charge in [-0.2, -0.15) is 0 Å². The molecular formula is C18H22FN3O3. The molecule has 1 atom stereocenters. The molecule has 134 valence electrons. The van der Waals surface area contributed by atoms with E-state index >= 15 is 0 Å². The number of aryl methyl sites for hydroxylation is 1. The minimum atomic E-state index is -0.255. The van der Waals surface area contributed by atoms with Crippen LogP contribution in [0.4, 0.5) is 4.39 Å². The maximum absolute atomic E-state index is 14.1. The first-order chi connectivity index (χ1) is 12.1. The van der Waals surface area contributed by atoms with Gasteiger partial charge in [-0.25, -0.2) is 9.37 Å². The smallest absolute Gasteiger partial charge is 0.250 e. The van der Waals surface area contributed by atoms with Gasteiger partial charge in [0, 0.05) is 43.0 Å². The third-order valence-corrected chi connectivity index (χ3v) is 4.33. The van der Waals surface area contributed by atoms with Crippen molar-refractivity contribution in [3.05, 3.63) is 58.0 Å². The average molecular weight is 347 g/mol. The molecule has 7 heteroatoms. The van der Waals surface area contributed by atoms with Crippen LogP contribution in [-0.4, -0.2) is 47.8 Å². The van der Waals surface area contributed by atoms with Crippen LogP contribution in [0, 0.1) is 5.82 Å². The SMILES string of the molecule is COc1ccc(CN2CCO[C@H](CCc3cc(=O)[nH]cn3)C2)c(F)c1. The van der Waals surface area contributed by atoms with E-state index in [-0.39, 0.29) is 17.5 Å². The highest BCUT2D eigenvalue weighted by Gasteiger charge is 2.21. The van der Waals surface area contributed by atoms with Gasteiger partial charge in [0.25, 0.3) is 5.56 Å². The molecule has 0 bridgehead atoms. The van der Waals surface area contributed by atoms with Gasteiger partial charge in [-0.05, 0) is 18.9 Å². The Balaban J connectivity index is 1.55. The summed E-state index contributed by atoms with van der Waals surface area (Å²) >= 11 is 0. The number of hydrogen-bond acceptors (Lipinski definition) is 5. The Morgan fingerprint density at radius 3 is 3.08 bits per heavy atom. The first-order valence-corrected chi connectivity index (χ1v) is 8.34. The monoisotopic (exact) mass is 347 g/mol. The second-order valence-corrected chi connectivity index (χ2v) is 6.13. The molecule has 0 amide bonds. The number of rotatable bonds is 6. The van der Waals surface area contributed by atoms with E-state index in [0.29, 0.717) is 30.9 Å². The number of nitrogens with one attached hydrogen (secondary N) is 1. The summed E-state index contributed by atoms with van der Waals surface area (Å²) in [5, 5.41) is 0. The second-order valence-electron chi connectivity index (χ2n) is 6.13. The molecule has 1 N–H and O–H groups in total. The molecule has 0 saturated carbocycles. The van der Waals surface area contributed by atoms with Gasteiger partial charge in [0.15, 0.2) is 0 Å².